The molecular weight excluding hydrogens is 332 g/mol. The van der Waals surface area contributed by atoms with Crippen LogP contribution >= 0.6 is 0 Å². The van der Waals surface area contributed by atoms with E-state index in [1.807, 2.05) is 6.07 Å². The summed E-state index contributed by atoms with van der Waals surface area (Å²) >= 11 is -1.63. The van der Waals surface area contributed by atoms with Gasteiger partial charge in [0.05, 0.1) is 0 Å². The summed E-state index contributed by atoms with van der Waals surface area (Å²) in [6.07, 6.45) is 0. The summed E-state index contributed by atoms with van der Waals surface area (Å²) < 4.78 is 44.4. The van der Waals surface area contributed by atoms with E-state index in [-0.39, 0.29) is 4.46 Å². The topological polar surface area (TPSA) is 13.1 Å². The van der Waals surface area contributed by atoms with Crippen LogP contribution in [0.25, 0.3) is 22.3 Å². The molecule has 0 N–H and O–H groups in total. The van der Waals surface area contributed by atoms with Crippen LogP contribution in [0.3, 0.4) is 0 Å². The molecule has 3 aromatic rings. The molecule has 0 aliphatic rings. The van der Waals surface area contributed by atoms with Crippen molar-refractivity contribution in [2.24, 2.45) is 0 Å². The number of para-hydroxylation sites is 1. The number of rotatable bonds is 2. The molecule has 0 aliphatic carbocycles. The normalized spacial score (nSPS) is 11.9. The predicted octanol–water partition coefficient (Wildman–Crippen LogP) is 3.95. The second-order valence-corrected chi connectivity index (χ2v) is 6.43. The summed E-state index contributed by atoms with van der Waals surface area (Å²) in [6, 6.07) is 15.8. The van der Waals surface area contributed by atoms with Gasteiger partial charge in [0.2, 0.25) is 0 Å². The van der Waals surface area contributed by atoms with E-state index in [9.17, 15) is 13.2 Å². The second kappa shape index (κ2) is 5.00. The summed E-state index contributed by atoms with van der Waals surface area (Å²) in [7, 11) is 0. The van der Waals surface area contributed by atoms with Crippen LogP contribution in [0, 0.1) is 0 Å². The molecule has 0 saturated carbocycles. The number of halogens is 3. The number of hydrogen-bond acceptors (Lipinski definition) is 1. The van der Waals surface area contributed by atoms with Gasteiger partial charge in [-0.1, -0.05) is 0 Å². The Morgan fingerprint density at radius 3 is 2.20 bits per heavy atom. The zero-order valence-corrected chi connectivity index (χ0v) is 11.9. The van der Waals surface area contributed by atoms with Crippen molar-refractivity contribution in [1.82, 2.24) is 0 Å². The molecule has 0 bridgehead atoms. The molecule has 0 unspecified atom stereocenters. The van der Waals surface area contributed by atoms with E-state index in [2.05, 4.69) is 0 Å². The van der Waals surface area contributed by atoms with Gasteiger partial charge in [0.25, 0.3) is 0 Å². The van der Waals surface area contributed by atoms with Gasteiger partial charge >= 0.3 is 119 Å². The van der Waals surface area contributed by atoms with Gasteiger partial charge in [0.1, 0.15) is 0 Å². The zero-order valence-electron chi connectivity index (χ0n) is 10.1. The van der Waals surface area contributed by atoms with Crippen LogP contribution in [0.2, 0.25) is 0 Å². The Kier molecular flexibility index (Phi) is 3.32. The van der Waals surface area contributed by atoms with E-state index < -0.39 is 20.0 Å². The van der Waals surface area contributed by atoms with Gasteiger partial charge in [-0.3, -0.25) is 0 Å². The van der Waals surface area contributed by atoms with Crippen molar-refractivity contribution in [2.45, 2.75) is 5.07 Å². The Morgan fingerprint density at radius 2 is 1.50 bits per heavy atom. The van der Waals surface area contributed by atoms with E-state index in [0.717, 1.165) is 0 Å². The third-order valence-corrected chi connectivity index (χ3v) is 4.57. The molecule has 5 heteroatoms. The van der Waals surface area contributed by atoms with Crippen LogP contribution in [-0.4, -0.2) is 20.0 Å². The van der Waals surface area contributed by atoms with E-state index in [1.54, 1.807) is 48.5 Å². The molecule has 3 rings (SSSR count). The first-order valence-corrected chi connectivity index (χ1v) is 7.58. The summed E-state index contributed by atoms with van der Waals surface area (Å²) in [6.45, 7) is 0. The van der Waals surface area contributed by atoms with Crippen molar-refractivity contribution in [3.63, 3.8) is 0 Å². The van der Waals surface area contributed by atoms with Gasteiger partial charge in [0, 0.05) is 0 Å². The molecule has 0 aliphatic heterocycles. The van der Waals surface area contributed by atoms with Crippen molar-refractivity contribution in [3.05, 3.63) is 54.6 Å². The average Bonchev–Trinajstić information content (AvgIpc) is 2.77. The summed E-state index contributed by atoms with van der Waals surface area (Å²) in [5.74, 6) is 0.323. The van der Waals surface area contributed by atoms with Crippen molar-refractivity contribution < 1.29 is 17.6 Å². The van der Waals surface area contributed by atoms with Gasteiger partial charge in [0.15, 0.2) is 0 Å². The van der Waals surface area contributed by atoms with E-state index in [1.165, 1.54) is 0 Å². The summed E-state index contributed by atoms with van der Waals surface area (Å²) in [5.41, 5.74) is 1.16. The van der Waals surface area contributed by atoms with E-state index in [0.29, 0.717) is 22.3 Å². The molecule has 0 amide bonds. The number of benzene rings is 2. The zero-order chi connectivity index (χ0) is 14.2. The minimum absolute atomic E-state index is 0.256. The van der Waals surface area contributed by atoms with Crippen LogP contribution in [-0.2, 0) is 0 Å². The first-order valence-electron chi connectivity index (χ1n) is 5.87. The van der Waals surface area contributed by atoms with Crippen LogP contribution in [0.15, 0.2) is 59.0 Å². The Bertz CT molecular complexity index is 732. The fourth-order valence-electron chi connectivity index (χ4n) is 2.02. The Labute approximate surface area is 119 Å². The van der Waals surface area contributed by atoms with Gasteiger partial charge in [-0.05, 0) is 0 Å². The van der Waals surface area contributed by atoms with Crippen molar-refractivity contribution in [3.8, 4) is 11.3 Å². The van der Waals surface area contributed by atoms with E-state index >= 15 is 0 Å². The van der Waals surface area contributed by atoms with E-state index in [4.69, 9.17) is 4.42 Å². The standard InChI is InChI=1S/C15H9F3OSe/c16-15(17,18)20-14-11-8-4-5-9-12(11)19-13(14)10-6-2-1-3-7-10/h1-9H. The predicted molar refractivity (Wildman–Crippen MR) is 73.1 cm³/mol. The third kappa shape index (κ3) is 2.60. The number of hydrogen-bond donors (Lipinski definition) is 0. The van der Waals surface area contributed by atoms with Crippen molar-refractivity contribution in [2.75, 3.05) is 0 Å². The molecule has 20 heavy (non-hydrogen) atoms. The quantitative estimate of drug-likeness (QED) is 0.644. The molecule has 0 spiro atoms. The summed E-state index contributed by atoms with van der Waals surface area (Å²) in [5, 5.41) is -3.66. The molecule has 1 heterocycles. The second-order valence-electron chi connectivity index (χ2n) is 4.17. The van der Waals surface area contributed by atoms with Crippen LogP contribution in [0.4, 0.5) is 13.2 Å². The summed E-state index contributed by atoms with van der Waals surface area (Å²) in [4.78, 5) is 0. The van der Waals surface area contributed by atoms with Crippen molar-refractivity contribution >= 4 is 30.4 Å². The molecule has 102 valence electrons. The molecule has 0 radical (unpaired) electrons. The molecule has 2 aromatic carbocycles. The maximum absolute atomic E-state index is 12.8. The fraction of sp³-hybridized carbons (Fsp3) is 0.0667. The van der Waals surface area contributed by atoms with Gasteiger partial charge in [-0.2, -0.15) is 0 Å². The SMILES string of the molecule is FC(F)(F)[Se]c1c(-c2ccccc2)oc2ccccc12. The number of alkyl halides is 3. The molecule has 1 aromatic heterocycles. The Morgan fingerprint density at radius 1 is 0.850 bits per heavy atom. The van der Waals surface area contributed by atoms with Crippen LogP contribution in [0.5, 0.6) is 0 Å². The molecule has 0 atom stereocenters. The maximum atomic E-state index is 12.8. The Hall–Kier alpha value is -1.71. The minimum atomic E-state index is -4.21. The van der Waals surface area contributed by atoms with Gasteiger partial charge < -0.3 is 0 Å². The van der Waals surface area contributed by atoms with Crippen LogP contribution < -0.4 is 4.46 Å². The van der Waals surface area contributed by atoms with Crippen LogP contribution in [0.1, 0.15) is 0 Å². The molecule has 1 nitrogen and oxygen atoms in total. The molecular formula is C15H9F3OSe. The molecule has 0 saturated heterocycles. The first-order chi connectivity index (χ1) is 9.54. The number of furan rings is 1. The monoisotopic (exact) mass is 342 g/mol. The third-order valence-electron chi connectivity index (χ3n) is 2.80. The number of fused-ring (bicyclic) bond motifs is 1. The van der Waals surface area contributed by atoms with Gasteiger partial charge in [-0.25, -0.2) is 0 Å². The fourth-order valence-corrected chi connectivity index (χ4v) is 3.62. The van der Waals surface area contributed by atoms with Gasteiger partial charge in [-0.15, -0.1) is 0 Å². The molecule has 0 fully saturated rings. The van der Waals surface area contributed by atoms with Crippen molar-refractivity contribution in [1.29, 1.82) is 0 Å². The Balaban J connectivity index is 2.23. The first kappa shape index (κ1) is 13.3. The average molecular weight is 341 g/mol.